The Labute approximate surface area is 136 Å². The molecule has 0 bridgehead atoms. The van der Waals surface area contributed by atoms with Gasteiger partial charge in [0.15, 0.2) is 12.4 Å². The van der Waals surface area contributed by atoms with Crippen molar-refractivity contribution in [3.8, 4) is 5.75 Å². The van der Waals surface area contributed by atoms with E-state index in [0.717, 1.165) is 13.4 Å². The van der Waals surface area contributed by atoms with Crippen LogP contribution in [0.25, 0.3) is 0 Å². The lowest BCUT2D eigenvalue weighted by Gasteiger charge is -2.09. The molecule has 0 atom stereocenters. The number of ether oxygens (including phenoxy) is 1. The quantitative estimate of drug-likeness (QED) is 0.598. The monoisotopic (exact) mass is 446 g/mol. The Hall–Kier alpha value is -0.650. The minimum atomic E-state index is -0.0600. The van der Waals surface area contributed by atoms with Crippen LogP contribution in [0.4, 0.5) is 0 Å². The smallest absolute Gasteiger partial charge is 0.200 e. The van der Waals surface area contributed by atoms with Crippen LogP contribution in [-0.2, 0) is 0 Å². The fourth-order valence-corrected chi connectivity index (χ4v) is 2.97. The van der Waals surface area contributed by atoms with Crippen molar-refractivity contribution in [2.75, 3.05) is 6.61 Å². The van der Waals surface area contributed by atoms with E-state index in [1.165, 1.54) is 0 Å². The van der Waals surface area contributed by atoms with E-state index in [9.17, 15) is 4.79 Å². The Morgan fingerprint density at radius 3 is 2.11 bits per heavy atom. The third-order valence-electron chi connectivity index (χ3n) is 2.43. The summed E-state index contributed by atoms with van der Waals surface area (Å²) in [6.45, 7) is 0.00282. The Kier molecular flexibility index (Phi) is 5.19. The highest BCUT2D eigenvalue weighted by Gasteiger charge is 2.10. The van der Waals surface area contributed by atoms with Crippen LogP contribution >= 0.6 is 47.8 Å². The first-order chi connectivity index (χ1) is 9.08. The number of rotatable bonds is 4. The van der Waals surface area contributed by atoms with Gasteiger partial charge in [-0.05, 0) is 56.1 Å². The lowest BCUT2D eigenvalue weighted by atomic mass is 10.1. The predicted molar refractivity (Wildman–Crippen MR) is 85.8 cm³/mol. The maximum absolute atomic E-state index is 12.0. The molecule has 0 saturated heterocycles. The molecule has 19 heavy (non-hydrogen) atoms. The Bertz CT molecular complexity index is 574. The number of ketones is 1. The molecule has 2 aromatic carbocycles. The summed E-state index contributed by atoms with van der Waals surface area (Å²) < 4.78 is 8.12. The Morgan fingerprint density at radius 1 is 0.947 bits per heavy atom. The van der Waals surface area contributed by atoms with Gasteiger partial charge in [-0.1, -0.05) is 34.1 Å². The molecule has 0 fully saturated rings. The first kappa shape index (κ1) is 14.8. The van der Waals surface area contributed by atoms with Crippen molar-refractivity contribution in [2.45, 2.75) is 0 Å². The summed E-state index contributed by atoms with van der Waals surface area (Å²) in [7, 11) is 0. The standard InChI is InChI=1S/C14H9Br3O2/c15-10-6-4-9(5-7-10)13(18)8-19-14-11(16)2-1-3-12(14)17/h1-7H,8H2. The predicted octanol–water partition coefficient (Wildman–Crippen LogP) is 5.24. The number of halogens is 3. The normalized spacial score (nSPS) is 10.3. The van der Waals surface area contributed by atoms with Gasteiger partial charge in [0.25, 0.3) is 0 Å². The van der Waals surface area contributed by atoms with Crippen molar-refractivity contribution in [3.63, 3.8) is 0 Å². The first-order valence-corrected chi connectivity index (χ1v) is 7.81. The van der Waals surface area contributed by atoms with E-state index in [2.05, 4.69) is 47.8 Å². The fourth-order valence-electron chi connectivity index (χ4n) is 1.48. The zero-order valence-electron chi connectivity index (χ0n) is 9.70. The zero-order chi connectivity index (χ0) is 13.8. The van der Waals surface area contributed by atoms with Gasteiger partial charge >= 0.3 is 0 Å². The summed E-state index contributed by atoms with van der Waals surface area (Å²) in [4.78, 5) is 12.0. The molecule has 0 amide bonds. The number of carbonyl (C=O) groups is 1. The van der Waals surface area contributed by atoms with Gasteiger partial charge in [-0.3, -0.25) is 4.79 Å². The van der Waals surface area contributed by atoms with Crippen LogP contribution in [0.2, 0.25) is 0 Å². The van der Waals surface area contributed by atoms with Crippen LogP contribution in [0, 0.1) is 0 Å². The molecule has 0 saturated carbocycles. The largest absolute Gasteiger partial charge is 0.483 e. The molecule has 2 nitrogen and oxygen atoms in total. The van der Waals surface area contributed by atoms with Crippen LogP contribution in [0.5, 0.6) is 5.75 Å². The molecule has 0 aliphatic carbocycles. The number of carbonyl (C=O) groups excluding carboxylic acids is 1. The molecule has 98 valence electrons. The summed E-state index contributed by atoms with van der Waals surface area (Å²) in [5.74, 6) is 0.572. The highest BCUT2D eigenvalue weighted by Crippen LogP contribution is 2.33. The first-order valence-electron chi connectivity index (χ1n) is 5.43. The van der Waals surface area contributed by atoms with Crippen LogP contribution in [0.15, 0.2) is 55.9 Å². The SMILES string of the molecule is O=C(COc1c(Br)cccc1Br)c1ccc(Br)cc1. The molecular weight excluding hydrogens is 440 g/mol. The third kappa shape index (κ3) is 3.91. The van der Waals surface area contributed by atoms with Gasteiger partial charge in [-0.15, -0.1) is 0 Å². The molecule has 0 aromatic heterocycles. The van der Waals surface area contributed by atoms with Crippen molar-refractivity contribution >= 4 is 53.6 Å². The van der Waals surface area contributed by atoms with Crippen LogP contribution in [0.3, 0.4) is 0 Å². The van der Waals surface area contributed by atoms with Crippen LogP contribution in [-0.4, -0.2) is 12.4 Å². The maximum Gasteiger partial charge on any atom is 0.200 e. The van der Waals surface area contributed by atoms with Crippen molar-refractivity contribution in [1.29, 1.82) is 0 Å². The number of hydrogen-bond donors (Lipinski definition) is 0. The van der Waals surface area contributed by atoms with Gasteiger partial charge in [0, 0.05) is 10.0 Å². The summed E-state index contributed by atoms with van der Waals surface area (Å²) in [6.07, 6.45) is 0. The molecule has 2 rings (SSSR count). The molecular formula is C14H9Br3O2. The molecule has 0 aliphatic rings. The Morgan fingerprint density at radius 2 is 1.53 bits per heavy atom. The Balaban J connectivity index is 2.06. The molecule has 0 spiro atoms. The number of benzene rings is 2. The van der Waals surface area contributed by atoms with Gasteiger partial charge in [-0.25, -0.2) is 0 Å². The van der Waals surface area contributed by atoms with Crippen LogP contribution in [0.1, 0.15) is 10.4 Å². The van der Waals surface area contributed by atoms with E-state index in [4.69, 9.17) is 4.74 Å². The van der Waals surface area contributed by atoms with Gasteiger partial charge in [-0.2, -0.15) is 0 Å². The minimum absolute atomic E-state index is 0.00282. The van der Waals surface area contributed by atoms with Crippen molar-refractivity contribution < 1.29 is 9.53 Å². The number of para-hydroxylation sites is 1. The molecule has 2 aromatic rings. The zero-order valence-corrected chi connectivity index (χ0v) is 14.5. The molecule has 0 radical (unpaired) electrons. The third-order valence-corrected chi connectivity index (χ3v) is 4.21. The average Bonchev–Trinajstić information content (AvgIpc) is 2.38. The summed E-state index contributed by atoms with van der Waals surface area (Å²) in [6, 6.07) is 12.8. The van der Waals surface area contributed by atoms with Crippen LogP contribution < -0.4 is 4.74 Å². The second kappa shape index (κ2) is 6.68. The highest BCUT2D eigenvalue weighted by atomic mass is 79.9. The van der Waals surface area contributed by atoms with Gasteiger partial charge < -0.3 is 4.74 Å². The molecule has 5 heteroatoms. The van der Waals surface area contributed by atoms with Gasteiger partial charge in [0.1, 0.15) is 5.75 Å². The van der Waals surface area contributed by atoms with E-state index >= 15 is 0 Å². The van der Waals surface area contributed by atoms with E-state index in [1.54, 1.807) is 12.1 Å². The van der Waals surface area contributed by atoms with Gasteiger partial charge in [0.2, 0.25) is 0 Å². The van der Waals surface area contributed by atoms with Crippen molar-refractivity contribution in [2.24, 2.45) is 0 Å². The molecule has 0 heterocycles. The highest BCUT2D eigenvalue weighted by molar-refractivity contribution is 9.11. The second-order valence-electron chi connectivity index (χ2n) is 3.77. The van der Waals surface area contributed by atoms with E-state index in [1.807, 2.05) is 30.3 Å². The molecule has 0 N–H and O–H groups in total. The topological polar surface area (TPSA) is 26.3 Å². The summed E-state index contributed by atoms with van der Waals surface area (Å²) >= 11 is 10.1. The average molecular weight is 449 g/mol. The number of hydrogen-bond acceptors (Lipinski definition) is 2. The second-order valence-corrected chi connectivity index (χ2v) is 6.39. The fraction of sp³-hybridized carbons (Fsp3) is 0.0714. The molecule has 0 aliphatic heterocycles. The van der Waals surface area contributed by atoms with Crippen molar-refractivity contribution in [3.05, 3.63) is 61.4 Å². The number of Topliss-reactive ketones (excluding diaryl/α,β-unsaturated/α-hetero) is 1. The van der Waals surface area contributed by atoms with Crippen molar-refractivity contribution in [1.82, 2.24) is 0 Å². The lowest BCUT2D eigenvalue weighted by Crippen LogP contribution is -2.11. The molecule has 0 unspecified atom stereocenters. The summed E-state index contributed by atoms with van der Waals surface area (Å²) in [5.41, 5.74) is 0.631. The summed E-state index contributed by atoms with van der Waals surface area (Å²) in [5, 5.41) is 0. The van der Waals surface area contributed by atoms with Gasteiger partial charge in [0.05, 0.1) is 8.95 Å². The van der Waals surface area contributed by atoms with E-state index in [-0.39, 0.29) is 12.4 Å². The van der Waals surface area contributed by atoms with E-state index < -0.39 is 0 Å². The lowest BCUT2D eigenvalue weighted by molar-refractivity contribution is 0.0920. The minimum Gasteiger partial charge on any atom is -0.483 e. The maximum atomic E-state index is 12.0. The van der Waals surface area contributed by atoms with E-state index in [0.29, 0.717) is 11.3 Å².